The predicted octanol–water partition coefficient (Wildman–Crippen LogP) is 3.89. The number of thiophene rings is 2. The van der Waals surface area contributed by atoms with Crippen molar-refractivity contribution >= 4 is 66.2 Å². The van der Waals surface area contributed by atoms with E-state index >= 15 is 0 Å². The van der Waals surface area contributed by atoms with Crippen LogP contribution in [0.5, 0.6) is 0 Å². The minimum absolute atomic E-state index is 0.00986. The maximum atomic E-state index is 12.6. The van der Waals surface area contributed by atoms with Gasteiger partial charge in [-0.05, 0) is 54.2 Å². The first-order valence-corrected chi connectivity index (χ1v) is 12.3. The van der Waals surface area contributed by atoms with Gasteiger partial charge in [0, 0.05) is 50.3 Å². The molecule has 0 saturated carbocycles. The number of nitrogens with zero attached hydrogens (tertiary/aromatic N) is 3. The van der Waals surface area contributed by atoms with E-state index in [1.165, 1.54) is 16.9 Å². The molecule has 10 heteroatoms. The molecule has 1 aliphatic carbocycles. The quantitative estimate of drug-likeness (QED) is 0.440. The molecule has 2 aromatic rings. The van der Waals surface area contributed by atoms with Gasteiger partial charge >= 0.3 is 0 Å². The van der Waals surface area contributed by atoms with Crippen molar-refractivity contribution in [2.45, 2.75) is 19.0 Å². The number of hydrogen-bond donors (Lipinski definition) is 2. The van der Waals surface area contributed by atoms with Gasteiger partial charge in [0.15, 0.2) is 0 Å². The highest BCUT2D eigenvalue weighted by atomic mass is 79.9. The molecule has 1 fully saturated rings. The summed E-state index contributed by atoms with van der Waals surface area (Å²) >= 11 is 10.4. The van der Waals surface area contributed by atoms with Crippen molar-refractivity contribution in [2.24, 2.45) is 5.16 Å². The molecule has 28 heavy (non-hydrogen) atoms. The number of halogens is 2. The lowest BCUT2D eigenvalue weighted by Gasteiger charge is -2.34. The van der Waals surface area contributed by atoms with Gasteiger partial charge in [-0.25, -0.2) is 0 Å². The van der Waals surface area contributed by atoms with Gasteiger partial charge in [0.2, 0.25) is 5.91 Å². The van der Waals surface area contributed by atoms with Crippen LogP contribution in [0.15, 0.2) is 29.6 Å². The summed E-state index contributed by atoms with van der Waals surface area (Å²) in [6, 6.07) is 2.01. The van der Waals surface area contributed by atoms with Crippen LogP contribution < -0.4 is 5.32 Å². The first-order valence-electron chi connectivity index (χ1n) is 8.99. The summed E-state index contributed by atoms with van der Waals surface area (Å²) in [7, 11) is 0. The third kappa shape index (κ3) is 4.36. The molecule has 150 valence electrons. The maximum Gasteiger partial charge on any atom is 0.234 e. The third-order valence-corrected chi connectivity index (χ3v) is 8.48. The molecule has 2 aliphatic rings. The number of fused-ring (bicyclic) bond motifs is 1. The van der Waals surface area contributed by atoms with Crippen LogP contribution in [0.4, 0.5) is 0 Å². The van der Waals surface area contributed by atoms with Crippen LogP contribution in [0.2, 0.25) is 0 Å². The van der Waals surface area contributed by atoms with Crippen LogP contribution in [0.1, 0.15) is 29.2 Å². The van der Waals surface area contributed by atoms with E-state index in [1.54, 1.807) is 11.3 Å². The number of nitrogens with one attached hydrogen (secondary N) is 1. The highest BCUT2D eigenvalue weighted by Crippen LogP contribution is 2.46. The summed E-state index contributed by atoms with van der Waals surface area (Å²) in [6.45, 7) is 5.11. The monoisotopic (exact) mass is 546 g/mol. The fourth-order valence-electron chi connectivity index (χ4n) is 3.77. The Morgan fingerprint density at radius 3 is 2.68 bits per heavy atom. The van der Waals surface area contributed by atoms with Crippen LogP contribution in [-0.4, -0.2) is 59.3 Å². The lowest BCUT2D eigenvalue weighted by Crippen LogP contribution is -2.49. The molecule has 1 unspecified atom stereocenters. The smallest absolute Gasteiger partial charge is 0.234 e. The Balaban J connectivity index is 1.30. The number of amides is 1. The van der Waals surface area contributed by atoms with Crippen LogP contribution in [0.3, 0.4) is 0 Å². The summed E-state index contributed by atoms with van der Waals surface area (Å²) in [5, 5.41) is 20.2. The average Bonchev–Trinajstić information content (AvgIpc) is 3.36. The minimum atomic E-state index is -0.162. The lowest BCUT2D eigenvalue weighted by molar-refractivity contribution is -0.123. The summed E-state index contributed by atoms with van der Waals surface area (Å²) < 4.78 is 1.88. The summed E-state index contributed by atoms with van der Waals surface area (Å²) in [5.74, 6) is 0.00986. The van der Waals surface area contributed by atoms with Crippen LogP contribution in [0, 0.1) is 0 Å². The van der Waals surface area contributed by atoms with E-state index in [4.69, 9.17) is 0 Å². The van der Waals surface area contributed by atoms with Crippen molar-refractivity contribution in [3.8, 4) is 0 Å². The van der Waals surface area contributed by atoms with E-state index in [9.17, 15) is 10.0 Å². The molecule has 2 aromatic heterocycles. The minimum Gasteiger partial charge on any atom is -0.411 e. The van der Waals surface area contributed by atoms with Crippen molar-refractivity contribution in [1.82, 2.24) is 15.1 Å². The molecule has 0 bridgehead atoms. The van der Waals surface area contributed by atoms with Crippen molar-refractivity contribution < 1.29 is 10.0 Å². The van der Waals surface area contributed by atoms with Gasteiger partial charge in [0.05, 0.1) is 25.9 Å². The fraction of sp³-hybridized carbons (Fsp3) is 0.444. The second-order valence-corrected chi connectivity index (χ2v) is 11.4. The Morgan fingerprint density at radius 1 is 1.25 bits per heavy atom. The van der Waals surface area contributed by atoms with E-state index in [2.05, 4.69) is 69.0 Å². The second-order valence-electron chi connectivity index (χ2n) is 6.99. The molecule has 0 radical (unpaired) electrons. The van der Waals surface area contributed by atoms with Crippen LogP contribution >= 0.6 is 54.5 Å². The largest absolute Gasteiger partial charge is 0.411 e. The van der Waals surface area contributed by atoms with Gasteiger partial charge in [-0.3, -0.25) is 14.6 Å². The zero-order chi connectivity index (χ0) is 19.7. The molecule has 1 atom stereocenters. The second kappa shape index (κ2) is 8.93. The molecule has 1 amide bonds. The Labute approximate surface area is 188 Å². The van der Waals surface area contributed by atoms with Gasteiger partial charge in [0.1, 0.15) is 0 Å². The first kappa shape index (κ1) is 20.5. The van der Waals surface area contributed by atoms with Gasteiger partial charge in [-0.15, -0.1) is 11.3 Å². The van der Waals surface area contributed by atoms with E-state index in [-0.39, 0.29) is 11.9 Å². The fourth-order valence-corrected chi connectivity index (χ4v) is 7.81. The van der Waals surface area contributed by atoms with Gasteiger partial charge in [0.25, 0.3) is 0 Å². The van der Waals surface area contributed by atoms with Crippen LogP contribution in [-0.2, 0) is 11.3 Å². The SMILES string of the molecule is O=C(CN1CCN(Cc2ccsc2)CC1)NC1C/C(=N\O)c2c(Br)sc(Br)c21. The molecule has 3 heterocycles. The number of piperazine rings is 1. The number of hydrogen-bond acceptors (Lipinski definition) is 7. The number of carbonyl (C=O) groups excluding carboxylic acids is 1. The maximum absolute atomic E-state index is 12.6. The average molecular weight is 548 g/mol. The van der Waals surface area contributed by atoms with E-state index in [0.29, 0.717) is 18.7 Å². The van der Waals surface area contributed by atoms with Crippen molar-refractivity contribution in [1.29, 1.82) is 0 Å². The van der Waals surface area contributed by atoms with Gasteiger partial charge in [-0.1, -0.05) is 5.16 Å². The van der Waals surface area contributed by atoms with E-state index in [0.717, 1.165) is 51.4 Å². The van der Waals surface area contributed by atoms with Gasteiger partial charge < -0.3 is 10.5 Å². The Kier molecular flexibility index (Phi) is 6.53. The Hall–Kier alpha value is -0.780. The topological polar surface area (TPSA) is 68.2 Å². The van der Waals surface area contributed by atoms with Crippen LogP contribution in [0.25, 0.3) is 0 Å². The summed E-state index contributed by atoms with van der Waals surface area (Å²) in [6.07, 6.45) is 0.506. The molecule has 1 aliphatic heterocycles. The standard InChI is InChI=1S/C18H20Br2N4O2S2/c19-17-15-12(7-13(22-26)16(15)18(20)28-17)21-14(25)9-24-4-2-23(3-5-24)8-11-1-6-27-10-11/h1,6,10,12,26H,2-5,7-9H2,(H,21,25)/b22-13+. The first-order chi connectivity index (χ1) is 13.5. The number of carbonyl (C=O) groups is 1. The molecular weight excluding hydrogens is 528 g/mol. The highest BCUT2D eigenvalue weighted by molar-refractivity contribution is 9.12. The molecule has 2 N–H and O–H groups in total. The zero-order valence-electron chi connectivity index (χ0n) is 15.0. The molecule has 0 spiro atoms. The summed E-state index contributed by atoms with van der Waals surface area (Å²) in [4.78, 5) is 17.3. The summed E-state index contributed by atoms with van der Waals surface area (Å²) in [5.41, 5.74) is 3.86. The normalized spacial score (nSPS) is 21.9. The van der Waals surface area contributed by atoms with Gasteiger partial charge in [-0.2, -0.15) is 11.3 Å². The predicted molar refractivity (Wildman–Crippen MR) is 120 cm³/mol. The van der Waals surface area contributed by atoms with Crippen molar-refractivity contribution in [2.75, 3.05) is 32.7 Å². The van der Waals surface area contributed by atoms with Crippen molar-refractivity contribution in [3.05, 3.63) is 41.1 Å². The number of oxime groups is 1. The number of rotatable bonds is 5. The molecule has 6 nitrogen and oxygen atoms in total. The third-order valence-electron chi connectivity index (χ3n) is 5.17. The Bertz CT molecular complexity index is 877. The van der Waals surface area contributed by atoms with E-state index in [1.807, 2.05) is 0 Å². The van der Waals surface area contributed by atoms with E-state index < -0.39 is 0 Å². The molecule has 1 saturated heterocycles. The Morgan fingerprint density at radius 2 is 2.00 bits per heavy atom. The zero-order valence-corrected chi connectivity index (χ0v) is 19.8. The molecule has 4 rings (SSSR count). The highest BCUT2D eigenvalue weighted by Gasteiger charge is 2.35. The van der Waals surface area contributed by atoms with Crippen molar-refractivity contribution in [3.63, 3.8) is 0 Å². The molecular formula is C18H20Br2N4O2S2. The lowest BCUT2D eigenvalue weighted by atomic mass is 10.2. The molecule has 0 aromatic carbocycles.